The van der Waals surface area contributed by atoms with E-state index in [-0.39, 0.29) is 11.5 Å². The van der Waals surface area contributed by atoms with E-state index in [0.717, 1.165) is 18.4 Å². The second kappa shape index (κ2) is 6.29. The molecule has 0 saturated carbocycles. The Morgan fingerprint density at radius 1 is 1.17 bits per heavy atom. The molecule has 0 amide bonds. The molecule has 1 aromatic heterocycles. The van der Waals surface area contributed by atoms with Gasteiger partial charge in [0.05, 0.1) is 10.9 Å². The zero-order valence-corrected chi connectivity index (χ0v) is 15.2. The van der Waals surface area contributed by atoms with Crippen molar-refractivity contribution in [3.63, 3.8) is 0 Å². The molecule has 6 nitrogen and oxygen atoms in total. The molecule has 1 aromatic carbocycles. The van der Waals surface area contributed by atoms with E-state index in [0.29, 0.717) is 18.0 Å². The highest BCUT2D eigenvalue weighted by molar-refractivity contribution is 7.89. The van der Waals surface area contributed by atoms with E-state index in [2.05, 4.69) is 30.9 Å². The van der Waals surface area contributed by atoms with Crippen molar-refractivity contribution >= 4 is 10.0 Å². The van der Waals surface area contributed by atoms with Crippen molar-refractivity contribution in [1.29, 1.82) is 0 Å². The Balaban J connectivity index is 1.82. The third kappa shape index (κ3) is 3.37. The van der Waals surface area contributed by atoms with Crippen molar-refractivity contribution in [3.8, 4) is 0 Å². The van der Waals surface area contributed by atoms with Crippen molar-refractivity contribution < 1.29 is 8.42 Å². The lowest BCUT2D eigenvalue weighted by atomic mass is 9.87. The highest BCUT2D eigenvalue weighted by atomic mass is 32.2. The summed E-state index contributed by atoms with van der Waals surface area (Å²) in [6.07, 6.45) is 4.87. The van der Waals surface area contributed by atoms with Crippen LogP contribution in [0.3, 0.4) is 0 Å². The zero-order valence-electron chi connectivity index (χ0n) is 14.4. The van der Waals surface area contributed by atoms with Crippen molar-refractivity contribution in [2.45, 2.75) is 50.0 Å². The fourth-order valence-electron chi connectivity index (χ4n) is 3.04. The van der Waals surface area contributed by atoms with E-state index >= 15 is 0 Å². The molecular weight excluding hydrogens is 324 g/mol. The van der Waals surface area contributed by atoms with Gasteiger partial charge in [0.1, 0.15) is 12.7 Å². The summed E-state index contributed by atoms with van der Waals surface area (Å²) >= 11 is 0. The molecule has 0 N–H and O–H groups in total. The van der Waals surface area contributed by atoms with Gasteiger partial charge in [-0.05, 0) is 36.0 Å². The average Bonchev–Trinajstić information content (AvgIpc) is 3.09. The van der Waals surface area contributed by atoms with Crippen LogP contribution in [0.5, 0.6) is 0 Å². The van der Waals surface area contributed by atoms with Crippen LogP contribution in [0.1, 0.15) is 45.2 Å². The molecule has 1 aliphatic rings. The van der Waals surface area contributed by atoms with Crippen LogP contribution in [-0.4, -0.2) is 40.6 Å². The Labute approximate surface area is 143 Å². The first-order chi connectivity index (χ1) is 11.3. The molecule has 0 unspecified atom stereocenters. The minimum absolute atomic E-state index is 0.00556. The zero-order chi connectivity index (χ0) is 17.4. The minimum Gasteiger partial charge on any atom is -0.249 e. The monoisotopic (exact) mass is 348 g/mol. The topological polar surface area (TPSA) is 68.1 Å². The Bertz CT molecular complexity index is 777. The first-order valence-corrected chi connectivity index (χ1v) is 9.67. The number of hydrogen-bond acceptors (Lipinski definition) is 4. The van der Waals surface area contributed by atoms with Gasteiger partial charge in [0.2, 0.25) is 10.0 Å². The highest BCUT2D eigenvalue weighted by Gasteiger charge is 2.31. The van der Waals surface area contributed by atoms with Crippen molar-refractivity contribution in [2.24, 2.45) is 0 Å². The number of aromatic nitrogens is 3. The SMILES string of the molecule is CC(C)(C)c1ccc(S(=O)(=O)N2CCC[C@@H](n3cncn3)C2)cc1. The maximum atomic E-state index is 12.9. The summed E-state index contributed by atoms with van der Waals surface area (Å²) in [5.41, 5.74) is 1.13. The summed E-state index contributed by atoms with van der Waals surface area (Å²) in [6, 6.07) is 7.30. The van der Waals surface area contributed by atoms with Gasteiger partial charge in [-0.2, -0.15) is 9.40 Å². The van der Waals surface area contributed by atoms with E-state index < -0.39 is 10.0 Å². The molecule has 1 saturated heterocycles. The molecule has 2 aromatic rings. The lowest BCUT2D eigenvalue weighted by Gasteiger charge is -2.31. The smallest absolute Gasteiger partial charge is 0.243 e. The number of benzene rings is 1. The Hall–Kier alpha value is -1.73. The van der Waals surface area contributed by atoms with Crippen LogP contribution in [-0.2, 0) is 15.4 Å². The second-order valence-electron chi connectivity index (χ2n) is 7.31. The summed E-state index contributed by atoms with van der Waals surface area (Å²) in [4.78, 5) is 4.32. The summed E-state index contributed by atoms with van der Waals surface area (Å²) in [7, 11) is -3.48. The van der Waals surface area contributed by atoms with Crippen molar-refractivity contribution in [3.05, 3.63) is 42.5 Å². The maximum absolute atomic E-state index is 12.9. The quantitative estimate of drug-likeness (QED) is 0.855. The van der Waals surface area contributed by atoms with Crippen LogP contribution in [0, 0.1) is 0 Å². The predicted octanol–water partition coefficient (Wildman–Crippen LogP) is 2.60. The van der Waals surface area contributed by atoms with Crippen molar-refractivity contribution in [1.82, 2.24) is 19.1 Å². The summed E-state index contributed by atoms with van der Waals surface area (Å²) in [5, 5.41) is 4.15. The maximum Gasteiger partial charge on any atom is 0.243 e. The van der Waals surface area contributed by atoms with Crippen LogP contribution in [0.4, 0.5) is 0 Å². The second-order valence-corrected chi connectivity index (χ2v) is 9.25. The molecule has 7 heteroatoms. The molecule has 24 heavy (non-hydrogen) atoms. The fraction of sp³-hybridized carbons (Fsp3) is 0.529. The van der Waals surface area contributed by atoms with E-state index in [1.54, 1.807) is 27.4 Å². The number of nitrogens with zero attached hydrogens (tertiary/aromatic N) is 4. The molecule has 0 bridgehead atoms. The molecule has 3 rings (SSSR count). The Morgan fingerprint density at radius 3 is 2.46 bits per heavy atom. The molecule has 2 heterocycles. The van der Waals surface area contributed by atoms with Crippen LogP contribution in [0.15, 0.2) is 41.8 Å². The number of sulfonamides is 1. The standard InChI is InChI=1S/C17H24N4O2S/c1-17(2,3)14-6-8-16(9-7-14)24(22,23)20-10-4-5-15(11-20)21-13-18-12-19-21/h6-9,12-13,15H,4-5,10-11H2,1-3H3/t15-/m1/s1. The van der Waals surface area contributed by atoms with Crippen LogP contribution >= 0.6 is 0 Å². The number of rotatable bonds is 3. The molecule has 0 aliphatic carbocycles. The van der Waals surface area contributed by atoms with Gasteiger partial charge in [-0.1, -0.05) is 32.9 Å². The predicted molar refractivity (Wildman–Crippen MR) is 92.2 cm³/mol. The van der Waals surface area contributed by atoms with Gasteiger partial charge in [-0.25, -0.2) is 18.1 Å². The van der Waals surface area contributed by atoms with Gasteiger partial charge >= 0.3 is 0 Å². The largest absolute Gasteiger partial charge is 0.249 e. The summed E-state index contributed by atoms with van der Waals surface area (Å²) < 4.78 is 29.2. The summed E-state index contributed by atoms with van der Waals surface area (Å²) in [5.74, 6) is 0. The molecule has 0 spiro atoms. The lowest BCUT2D eigenvalue weighted by Crippen LogP contribution is -2.40. The highest BCUT2D eigenvalue weighted by Crippen LogP contribution is 2.28. The fourth-order valence-corrected chi connectivity index (χ4v) is 4.55. The van der Waals surface area contributed by atoms with Crippen molar-refractivity contribution in [2.75, 3.05) is 13.1 Å². The van der Waals surface area contributed by atoms with Gasteiger partial charge in [0.15, 0.2) is 0 Å². The summed E-state index contributed by atoms with van der Waals surface area (Å²) in [6.45, 7) is 7.33. The third-order valence-electron chi connectivity index (χ3n) is 4.53. The van der Waals surface area contributed by atoms with Gasteiger partial charge in [-0.15, -0.1) is 0 Å². The van der Waals surface area contributed by atoms with E-state index in [1.807, 2.05) is 12.1 Å². The molecular formula is C17H24N4O2S. The first kappa shape index (κ1) is 17.1. The average molecular weight is 348 g/mol. The van der Waals surface area contributed by atoms with Crippen LogP contribution in [0.2, 0.25) is 0 Å². The molecule has 1 aliphatic heterocycles. The molecule has 0 radical (unpaired) electrons. The lowest BCUT2D eigenvalue weighted by molar-refractivity contribution is 0.253. The minimum atomic E-state index is -3.48. The molecule has 1 atom stereocenters. The van der Waals surface area contributed by atoms with Gasteiger partial charge < -0.3 is 0 Å². The molecule has 130 valence electrons. The normalized spacial score (nSPS) is 20.2. The molecule has 1 fully saturated rings. The number of hydrogen-bond donors (Lipinski definition) is 0. The first-order valence-electron chi connectivity index (χ1n) is 8.23. The Morgan fingerprint density at radius 2 is 1.88 bits per heavy atom. The van der Waals surface area contributed by atoms with E-state index in [9.17, 15) is 8.42 Å². The van der Waals surface area contributed by atoms with Gasteiger partial charge in [-0.3, -0.25) is 0 Å². The van der Waals surface area contributed by atoms with Crippen LogP contribution in [0.25, 0.3) is 0 Å². The van der Waals surface area contributed by atoms with Gasteiger partial charge in [0.25, 0.3) is 0 Å². The Kier molecular flexibility index (Phi) is 4.48. The number of piperidine rings is 1. The van der Waals surface area contributed by atoms with Crippen LogP contribution < -0.4 is 0 Å². The van der Waals surface area contributed by atoms with Gasteiger partial charge in [0, 0.05) is 13.1 Å². The van der Waals surface area contributed by atoms with E-state index in [1.165, 1.54) is 6.33 Å². The third-order valence-corrected chi connectivity index (χ3v) is 6.41. The van der Waals surface area contributed by atoms with E-state index in [4.69, 9.17) is 0 Å².